The van der Waals surface area contributed by atoms with E-state index in [2.05, 4.69) is 26.2 Å². The van der Waals surface area contributed by atoms with E-state index < -0.39 is 11.7 Å². The Balaban J connectivity index is 2.21. The highest BCUT2D eigenvalue weighted by molar-refractivity contribution is 9.10. The number of carbonyl (C=O) groups is 1. The van der Waals surface area contributed by atoms with Crippen LogP contribution in [0.3, 0.4) is 0 Å². The zero-order valence-electron chi connectivity index (χ0n) is 8.95. The van der Waals surface area contributed by atoms with Crippen molar-refractivity contribution in [3.8, 4) is 0 Å². The van der Waals surface area contributed by atoms with E-state index in [-0.39, 0.29) is 10.7 Å². The van der Waals surface area contributed by atoms with Crippen molar-refractivity contribution in [1.82, 2.24) is 4.98 Å². The Morgan fingerprint density at radius 3 is 2.78 bits per heavy atom. The molecule has 0 radical (unpaired) electrons. The number of halogens is 3. The minimum atomic E-state index is -0.460. The van der Waals surface area contributed by atoms with Gasteiger partial charge in [-0.3, -0.25) is 4.79 Å². The van der Waals surface area contributed by atoms with E-state index in [9.17, 15) is 9.18 Å². The minimum Gasteiger partial charge on any atom is -0.319 e. The highest BCUT2D eigenvalue weighted by Gasteiger charge is 2.10. The number of carbonyl (C=O) groups excluding carboxylic acids is 1. The lowest BCUT2D eigenvalue weighted by Gasteiger charge is -2.06. The third-order valence-corrected chi connectivity index (χ3v) is 2.88. The number of benzene rings is 1. The lowest BCUT2D eigenvalue weighted by atomic mass is 10.3. The van der Waals surface area contributed by atoms with Gasteiger partial charge >= 0.3 is 0 Å². The quantitative estimate of drug-likeness (QED) is 0.849. The van der Waals surface area contributed by atoms with E-state index in [4.69, 9.17) is 11.6 Å². The molecule has 0 saturated carbocycles. The van der Waals surface area contributed by atoms with Gasteiger partial charge in [-0.2, -0.15) is 0 Å². The molecule has 0 fully saturated rings. The molecule has 0 aliphatic heterocycles. The number of nitrogens with one attached hydrogen (secondary N) is 1. The average molecular weight is 330 g/mol. The van der Waals surface area contributed by atoms with Crippen LogP contribution < -0.4 is 5.32 Å². The Kier molecular flexibility index (Phi) is 3.93. The van der Waals surface area contributed by atoms with Gasteiger partial charge < -0.3 is 5.32 Å². The van der Waals surface area contributed by atoms with Crippen LogP contribution in [0.25, 0.3) is 0 Å². The number of hydrogen-bond donors (Lipinski definition) is 1. The molecule has 0 aliphatic rings. The SMILES string of the molecule is O=C(Nc1ccc(F)cc1Cl)c1cccc(Br)n1. The Bertz CT molecular complexity index is 606. The van der Waals surface area contributed by atoms with Gasteiger partial charge in [-0.05, 0) is 46.3 Å². The zero-order valence-corrected chi connectivity index (χ0v) is 11.3. The van der Waals surface area contributed by atoms with Crippen molar-refractivity contribution < 1.29 is 9.18 Å². The van der Waals surface area contributed by atoms with Crippen molar-refractivity contribution in [2.75, 3.05) is 5.32 Å². The van der Waals surface area contributed by atoms with Crippen molar-refractivity contribution in [3.63, 3.8) is 0 Å². The van der Waals surface area contributed by atoms with Crippen LogP contribution >= 0.6 is 27.5 Å². The van der Waals surface area contributed by atoms with Crippen molar-refractivity contribution in [2.45, 2.75) is 0 Å². The first-order chi connectivity index (χ1) is 8.56. The van der Waals surface area contributed by atoms with Gasteiger partial charge in [-0.1, -0.05) is 17.7 Å². The summed E-state index contributed by atoms with van der Waals surface area (Å²) in [6.07, 6.45) is 0. The summed E-state index contributed by atoms with van der Waals surface area (Å²) in [5.74, 6) is -0.872. The minimum absolute atomic E-state index is 0.137. The molecule has 1 aromatic carbocycles. The van der Waals surface area contributed by atoms with Crippen LogP contribution in [0.5, 0.6) is 0 Å². The molecule has 6 heteroatoms. The van der Waals surface area contributed by atoms with Gasteiger partial charge in [0.25, 0.3) is 5.91 Å². The van der Waals surface area contributed by atoms with Crippen molar-refractivity contribution in [1.29, 1.82) is 0 Å². The monoisotopic (exact) mass is 328 g/mol. The zero-order chi connectivity index (χ0) is 13.1. The molecule has 2 rings (SSSR count). The van der Waals surface area contributed by atoms with Gasteiger partial charge in [0.05, 0.1) is 10.7 Å². The molecule has 0 unspecified atom stereocenters. The third-order valence-electron chi connectivity index (χ3n) is 2.13. The number of pyridine rings is 1. The van der Waals surface area contributed by atoms with Gasteiger partial charge in [0, 0.05) is 0 Å². The Hall–Kier alpha value is -1.46. The average Bonchev–Trinajstić information content (AvgIpc) is 2.32. The fraction of sp³-hybridized carbons (Fsp3) is 0. The van der Waals surface area contributed by atoms with Crippen LogP contribution in [0.15, 0.2) is 41.0 Å². The van der Waals surface area contributed by atoms with E-state index in [0.29, 0.717) is 10.3 Å². The van der Waals surface area contributed by atoms with E-state index in [1.807, 2.05) is 0 Å². The van der Waals surface area contributed by atoms with Crippen LogP contribution in [-0.4, -0.2) is 10.9 Å². The van der Waals surface area contributed by atoms with E-state index >= 15 is 0 Å². The summed E-state index contributed by atoms with van der Waals surface area (Å²) < 4.78 is 13.4. The van der Waals surface area contributed by atoms with Crippen molar-refractivity contribution in [2.24, 2.45) is 0 Å². The maximum atomic E-state index is 12.8. The van der Waals surface area contributed by atoms with Gasteiger partial charge in [0.15, 0.2) is 0 Å². The first-order valence-corrected chi connectivity index (χ1v) is 6.12. The summed E-state index contributed by atoms with van der Waals surface area (Å²) in [5.41, 5.74) is 0.578. The summed E-state index contributed by atoms with van der Waals surface area (Å²) >= 11 is 8.98. The molecule has 0 saturated heterocycles. The van der Waals surface area contributed by atoms with Crippen LogP contribution in [0.1, 0.15) is 10.5 Å². The summed E-state index contributed by atoms with van der Waals surface area (Å²) in [7, 11) is 0. The molecule has 1 aromatic heterocycles. The summed E-state index contributed by atoms with van der Waals surface area (Å²) in [6.45, 7) is 0. The predicted octanol–water partition coefficient (Wildman–Crippen LogP) is 3.89. The lowest BCUT2D eigenvalue weighted by Crippen LogP contribution is -2.14. The second-order valence-corrected chi connectivity index (χ2v) is 4.64. The number of amides is 1. The van der Waals surface area contributed by atoms with Gasteiger partial charge in [-0.15, -0.1) is 0 Å². The Morgan fingerprint density at radius 2 is 2.11 bits per heavy atom. The van der Waals surface area contributed by atoms with Crippen LogP contribution in [0, 0.1) is 5.82 Å². The molecule has 3 nitrogen and oxygen atoms in total. The second-order valence-electron chi connectivity index (χ2n) is 3.42. The van der Waals surface area contributed by atoms with Gasteiger partial charge in [0.2, 0.25) is 0 Å². The molecule has 1 N–H and O–H groups in total. The largest absolute Gasteiger partial charge is 0.319 e. The van der Waals surface area contributed by atoms with Crippen molar-refractivity contribution in [3.05, 3.63) is 57.5 Å². The maximum absolute atomic E-state index is 12.8. The Labute approximate surface area is 116 Å². The van der Waals surface area contributed by atoms with Crippen LogP contribution in [0.4, 0.5) is 10.1 Å². The first kappa shape index (κ1) is 13.0. The number of anilines is 1. The molecule has 1 heterocycles. The maximum Gasteiger partial charge on any atom is 0.274 e. The number of nitrogens with zero attached hydrogens (tertiary/aromatic N) is 1. The molecule has 0 bridgehead atoms. The standard InChI is InChI=1S/C12H7BrClFN2O/c13-11-3-1-2-10(16-11)12(18)17-9-5-4-7(15)6-8(9)14/h1-6H,(H,17,18). The number of aromatic nitrogens is 1. The highest BCUT2D eigenvalue weighted by Crippen LogP contribution is 2.22. The number of hydrogen-bond acceptors (Lipinski definition) is 2. The fourth-order valence-corrected chi connectivity index (χ4v) is 1.87. The van der Waals surface area contributed by atoms with Crippen molar-refractivity contribution >= 4 is 39.1 Å². The first-order valence-electron chi connectivity index (χ1n) is 4.95. The topological polar surface area (TPSA) is 42.0 Å². The second kappa shape index (κ2) is 5.46. The molecule has 2 aromatic rings. The molecule has 0 atom stereocenters. The molecular formula is C12H7BrClFN2O. The summed E-state index contributed by atoms with van der Waals surface area (Å²) in [4.78, 5) is 15.9. The number of rotatable bonds is 2. The van der Waals surface area contributed by atoms with E-state index in [1.54, 1.807) is 18.2 Å². The molecule has 0 aliphatic carbocycles. The van der Waals surface area contributed by atoms with E-state index in [1.165, 1.54) is 12.1 Å². The van der Waals surface area contributed by atoms with Crippen LogP contribution in [-0.2, 0) is 0 Å². The van der Waals surface area contributed by atoms with Gasteiger partial charge in [-0.25, -0.2) is 9.37 Å². The molecular weight excluding hydrogens is 322 g/mol. The van der Waals surface area contributed by atoms with Crippen LogP contribution in [0.2, 0.25) is 5.02 Å². The normalized spacial score (nSPS) is 10.2. The molecule has 18 heavy (non-hydrogen) atoms. The molecule has 1 amide bonds. The Morgan fingerprint density at radius 1 is 1.33 bits per heavy atom. The van der Waals surface area contributed by atoms with Gasteiger partial charge in [0.1, 0.15) is 16.1 Å². The third kappa shape index (κ3) is 3.05. The molecule has 92 valence electrons. The summed E-state index contributed by atoms with van der Waals surface area (Å²) in [6, 6.07) is 8.71. The summed E-state index contributed by atoms with van der Waals surface area (Å²) in [5, 5.41) is 2.70. The smallest absolute Gasteiger partial charge is 0.274 e. The fourth-order valence-electron chi connectivity index (χ4n) is 1.31. The van der Waals surface area contributed by atoms with E-state index in [0.717, 1.165) is 6.07 Å². The lowest BCUT2D eigenvalue weighted by molar-refractivity contribution is 0.102. The highest BCUT2D eigenvalue weighted by atomic mass is 79.9. The predicted molar refractivity (Wildman–Crippen MR) is 71.3 cm³/mol. The molecule has 0 spiro atoms.